The third-order valence-corrected chi connectivity index (χ3v) is 4.37. The van der Waals surface area contributed by atoms with Crippen LogP contribution in [0.5, 0.6) is 0 Å². The first-order valence-corrected chi connectivity index (χ1v) is 8.11. The molecule has 0 radical (unpaired) electrons. The van der Waals surface area contributed by atoms with E-state index in [0.29, 0.717) is 31.0 Å². The van der Waals surface area contributed by atoms with Crippen LogP contribution in [0.4, 0.5) is 0 Å². The topological polar surface area (TPSA) is 77.5 Å². The number of furan rings is 1. The van der Waals surface area contributed by atoms with E-state index >= 15 is 0 Å². The maximum atomic E-state index is 12.6. The van der Waals surface area contributed by atoms with Gasteiger partial charge in [0.2, 0.25) is 11.8 Å². The highest BCUT2D eigenvalue weighted by Crippen LogP contribution is 2.22. The zero-order chi connectivity index (χ0) is 17.8. The van der Waals surface area contributed by atoms with Gasteiger partial charge in [0, 0.05) is 26.6 Å². The van der Waals surface area contributed by atoms with Crippen LogP contribution in [0.3, 0.4) is 0 Å². The van der Waals surface area contributed by atoms with Crippen LogP contribution in [0.2, 0.25) is 0 Å². The van der Waals surface area contributed by atoms with Crippen molar-refractivity contribution in [1.29, 1.82) is 5.26 Å². The van der Waals surface area contributed by atoms with Gasteiger partial charge in [0.25, 0.3) is 0 Å². The Balaban J connectivity index is 1.58. The lowest BCUT2D eigenvalue weighted by Crippen LogP contribution is -2.34. The van der Waals surface area contributed by atoms with E-state index in [1.54, 1.807) is 41.3 Å². The molecule has 1 fully saturated rings. The minimum atomic E-state index is -0.328. The van der Waals surface area contributed by atoms with Crippen LogP contribution in [-0.2, 0) is 22.7 Å². The van der Waals surface area contributed by atoms with Crippen molar-refractivity contribution in [2.75, 3.05) is 13.6 Å². The second-order valence-corrected chi connectivity index (χ2v) is 6.26. The standard InChI is InChI=1S/C19H19N3O3/c1-21(11-15-6-4-14(10-20)5-7-15)19(24)16-9-18(23)22(12-16)13-17-3-2-8-25-17/h2-8,16H,9,11-13H2,1H3. The average Bonchev–Trinajstić information content (AvgIpc) is 3.25. The van der Waals surface area contributed by atoms with Gasteiger partial charge in [-0.25, -0.2) is 0 Å². The number of benzene rings is 1. The Morgan fingerprint density at radius 1 is 1.36 bits per heavy atom. The number of hydrogen-bond donors (Lipinski definition) is 0. The highest BCUT2D eigenvalue weighted by Gasteiger charge is 2.35. The molecule has 6 nitrogen and oxygen atoms in total. The lowest BCUT2D eigenvalue weighted by molar-refractivity contribution is -0.135. The number of carbonyl (C=O) groups excluding carboxylic acids is 2. The Labute approximate surface area is 146 Å². The quantitative estimate of drug-likeness (QED) is 0.837. The Bertz CT molecular complexity index is 790. The molecule has 0 aliphatic carbocycles. The minimum Gasteiger partial charge on any atom is -0.467 e. The Morgan fingerprint density at radius 2 is 2.12 bits per heavy atom. The smallest absolute Gasteiger partial charge is 0.228 e. The Morgan fingerprint density at radius 3 is 2.76 bits per heavy atom. The molecule has 1 saturated heterocycles. The van der Waals surface area contributed by atoms with Crippen molar-refractivity contribution in [3.63, 3.8) is 0 Å². The summed E-state index contributed by atoms with van der Waals surface area (Å²) in [5, 5.41) is 8.83. The van der Waals surface area contributed by atoms with Crippen molar-refractivity contribution in [2.45, 2.75) is 19.5 Å². The molecular formula is C19H19N3O3. The fourth-order valence-corrected chi connectivity index (χ4v) is 3.03. The van der Waals surface area contributed by atoms with Crippen molar-refractivity contribution in [3.05, 3.63) is 59.5 Å². The fourth-order valence-electron chi connectivity index (χ4n) is 3.03. The van der Waals surface area contributed by atoms with Crippen LogP contribution in [0.1, 0.15) is 23.3 Å². The second kappa shape index (κ2) is 7.22. The van der Waals surface area contributed by atoms with Crippen LogP contribution in [-0.4, -0.2) is 35.2 Å². The molecule has 1 aromatic heterocycles. The van der Waals surface area contributed by atoms with Crippen molar-refractivity contribution in [1.82, 2.24) is 9.80 Å². The lowest BCUT2D eigenvalue weighted by atomic mass is 10.1. The highest BCUT2D eigenvalue weighted by atomic mass is 16.3. The Kier molecular flexibility index (Phi) is 4.85. The normalized spacial score (nSPS) is 16.7. The van der Waals surface area contributed by atoms with Gasteiger partial charge in [-0.3, -0.25) is 9.59 Å². The number of likely N-dealkylation sites (tertiary alicyclic amines) is 1. The summed E-state index contributed by atoms with van der Waals surface area (Å²) in [6.45, 7) is 1.26. The zero-order valence-corrected chi connectivity index (χ0v) is 14.0. The predicted octanol–water partition coefficient (Wildman–Crippen LogP) is 2.16. The van der Waals surface area contributed by atoms with Gasteiger partial charge in [-0.15, -0.1) is 0 Å². The van der Waals surface area contributed by atoms with Crippen LogP contribution < -0.4 is 0 Å². The van der Waals surface area contributed by atoms with E-state index in [-0.39, 0.29) is 24.2 Å². The molecule has 0 saturated carbocycles. The molecule has 1 aliphatic heterocycles. The zero-order valence-electron chi connectivity index (χ0n) is 14.0. The number of carbonyl (C=O) groups is 2. The first-order valence-electron chi connectivity index (χ1n) is 8.11. The molecule has 6 heteroatoms. The molecule has 1 aliphatic rings. The van der Waals surface area contributed by atoms with E-state index in [1.807, 2.05) is 18.2 Å². The van der Waals surface area contributed by atoms with E-state index in [2.05, 4.69) is 6.07 Å². The third-order valence-electron chi connectivity index (χ3n) is 4.37. The molecule has 3 rings (SSSR count). The van der Waals surface area contributed by atoms with E-state index in [1.165, 1.54) is 0 Å². The van der Waals surface area contributed by atoms with Crippen molar-refractivity contribution in [2.24, 2.45) is 5.92 Å². The largest absolute Gasteiger partial charge is 0.467 e. The first-order chi connectivity index (χ1) is 12.1. The molecule has 25 heavy (non-hydrogen) atoms. The van der Waals surface area contributed by atoms with E-state index in [0.717, 1.165) is 5.56 Å². The molecule has 0 N–H and O–H groups in total. The van der Waals surface area contributed by atoms with Gasteiger partial charge in [0.05, 0.1) is 30.4 Å². The lowest BCUT2D eigenvalue weighted by Gasteiger charge is -2.21. The van der Waals surface area contributed by atoms with E-state index in [9.17, 15) is 9.59 Å². The minimum absolute atomic E-state index is 0.0264. The molecule has 2 amide bonds. The molecule has 1 unspecified atom stereocenters. The summed E-state index contributed by atoms with van der Waals surface area (Å²) < 4.78 is 5.27. The molecule has 2 aromatic rings. The van der Waals surface area contributed by atoms with Gasteiger partial charge >= 0.3 is 0 Å². The van der Waals surface area contributed by atoms with Crippen molar-refractivity contribution in [3.8, 4) is 6.07 Å². The summed E-state index contributed by atoms with van der Waals surface area (Å²) in [5.41, 5.74) is 1.54. The van der Waals surface area contributed by atoms with Crippen LogP contribution in [0.25, 0.3) is 0 Å². The predicted molar refractivity (Wildman–Crippen MR) is 89.9 cm³/mol. The van der Waals surface area contributed by atoms with Crippen molar-refractivity contribution < 1.29 is 14.0 Å². The van der Waals surface area contributed by atoms with Gasteiger partial charge in [0.15, 0.2) is 0 Å². The summed E-state index contributed by atoms with van der Waals surface area (Å²) in [6, 6.07) is 12.8. The monoisotopic (exact) mass is 337 g/mol. The maximum Gasteiger partial charge on any atom is 0.228 e. The molecule has 2 heterocycles. The summed E-state index contributed by atoms with van der Waals surface area (Å²) in [5.74, 6) is 0.319. The van der Waals surface area contributed by atoms with Crippen LogP contribution >= 0.6 is 0 Å². The van der Waals surface area contributed by atoms with Gasteiger partial charge in [-0.1, -0.05) is 12.1 Å². The summed E-state index contributed by atoms with van der Waals surface area (Å²) >= 11 is 0. The molecule has 0 bridgehead atoms. The molecule has 1 atom stereocenters. The highest BCUT2D eigenvalue weighted by molar-refractivity contribution is 5.89. The van der Waals surface area contributed by atoms with E-state index < -0.39 is 0 Å². The molecule has 128 valence electrons. The average molecular weight is 337 g/mol. The number of amides is 2. The number of hydrogen-bond acceptors (Lipinski definition) is 4. The Hall–Kier alpha value is -3.07. The number of rotatable bonds is 5. The summed E-state index contributed by atoms with van der Waals surface area (Å²) in [4.78, 5) is 28.1. The maximum absolute atomic E-state index is 12.6. The number of nitrogens with zero attached hydrogens (tertiary/aromatic N) is 3. The summed E-state index contributed by atoms with van der Waals surface area (Å²) in [6.07, 6.45) is 1.81. The van der Waals surface area contributed by atoms with Crippen molar-refractivity contribution >= 4 is 11.8 Å². The second-order valence-electron chi connectivity index (χ2n) is 6.26. The van der Waals surface area contributed by atoms with Crippen LogP contribution in [0.15, 0.2) is 47.1 Å². The fraction of sp³-hybridized carbons (Fsp3) is 0.316. The third kappa shape index (κ3) is 3.89. The van der Waals surface area contributed by atoms with Gasteiger partial charge in [0.1, 0.15) is 5.76 Å². The van der Waals surface area contributed by atoms with Gasteiger partial charge in [-0.2, -0.15) is 5.26 Å². The molecule has 1 aromatic carbocycles. The first kappa shape index (κ1) is 16.8. The van der Waals surface area contributed by atoms with E-state index in [4.69, 9.17) is 9.68 Å². The SMILES string of the molecule is CN(Cc1ccc(C#N)cc1)C(=O)C1CC(=O)N(Cc2ccco2)C1. The number of nitriles is 1. The molecular weight excluding hydrogens is 318 g/mol. The summed E-state index contributed by atoms with van der Waals surface area (Å²) in [7, 11) is 1.74. The van der Waals surface area contributed by atoms with Crippen LogP contribution in [0, 0.1) is 17.2 Å². The van der Waals surface area contributed by atoms with Gasteiger partial charge < -0.3 is 14.2 Å². The molecule has 0 spiro atoms. The van der Waals surface area contributed by atoms with Gasteiger partial charge in [-0.05, 0) is 29.8 Å².